The van der Waals surface area contributed by atoms with Crippen LogP contribution < -0.4 is 0 Å². The van der Waals surface area contributed by atoms with E-state index < -0.39 is 28.6 Å². The molecule has 5 heteroatoms. The molecule has 2 nitrogen and oxygen atoms in total. The monoisotopic (exact) mass is 302 g/mol. The highest BCUT2D eigenvalue weighted by atomic mass is 32.2. The third kappa shape index (κ3) is 4.80. The molecule has 1 aromatic rings. The Kier molecular flexibility index (Phi) is 6.49. The number of aliphatic hydroxyl groups excluding tert-OH is 1. The molecule has 112 valence electrons. The standard InChI is InChI=1S/C15H20F2O2S/c1-10(2)4-9-13(14(18)15(16)17)20(19)12-7-5-11(3)6-8-12/h4-8,13-15,18H,9H2,1-3H3/t13-,14+,20?/m0/s1. The molecule has 0 radical (unpaired) electrons. The Morgan fingerprint density at radius 1 is 1.30 bits per heavy atom. The first-order valence-electron chi connectivity index (χ1n) is 6.39. The van der Waals surface area contributed by atoms with Crippen molar-refractivity contribution in [1.82, 2.24) is 0 Å². The van der Waals surface area contributed by atoms with Crippen LogP contribution in [0.2, 0.25) is 0 Å². The third-order valence-corrected chi connectivity index (χ3v) is 4.68. The number of hydrogen-bond donors (Lipinski definition) is 1. The van der Waals surface area contributed by atoms with Crippen LogP contribution in [0.3, 0.4) is 0 Å². The van der Waals surface area contributed by atoms with E-state index in [9.17, 15) is 18.1 Å². The van der Waals surface area contributed by atoms with E-state index in [0.717, 1.165) is 11.1 Å². The van der Waals surface area contributed by atoms with Crippen molar-refractivity contribution >= 4 is 10.8 Å². The smallest absolute Gasteiger partial charge is 0.265 e. The lowest BCUT2D eigenvalue weighted by molar-refractivity contribution is -0.00535. The topological polar surface area (TPSA) is 37.3 Å². The quantitative estimate of drug-likeness (QED) is 0.817. The lowest BCUT2D eigenvalue weighted by atomic mass is 10.1. The predicted molar refractivity (Wildman–Crippen MR) is 77.4 cm³/mol. The summed E-state index contributed by atoms with van der Waals surface area (Å²) < 4.78 is 37.9. The maximum Gasteiger partial charge on any atom is 0.265 e. The highest BCUT2D eigenvalue weighted by Crippen LogP contribution is 2.22. The molecule has 0 bridgehead atoms. The van der Waals surface area contributed by atoms with E-state index in [1.54, 1.807) is 30.3 Å². The maximum absolute atomic E-state index is 12.7. The minimum Gasteiger partial charge on any atom is -0.386 e. The van der Waals surface area contributed by atoms with E-state index in [4.69, 9.17) is 0 Å². The Labute approximate surface area is 121 Å². The van der Waals surface area contributed by atoms with Crippen molar-refractivity contribution in [2.45, 2.75) is 49.9 Å². The first kappa shape index (κ1) is 17.0. The Morgan fingerprint density at radius 3 is 2.30 bits per heavy atom. The van der Waals surface area contributed by atoms with Gasteiger partial charge in [-0.1, -0.05) is 29.3 Å². The van der Waals surface area contributed by atoms with Gasteiger partial charge in [-0.3, -0.25) is 4.21 Å². The second-order valence-electron chi connectivity index (χ2n) is 4.99. The van der Waals surface area contributed by atoms with Gasteiger partial charge < -0.3 is 5.11 Å². The van der Waals surface area contributed by atoms with E-state index in [1.165, 1.54) is 0 Å². The molecule has 0 aliphatic heterocycles. The molecule has 0 fully saturated rings. The summed E-state index contributed by atoms with van der Waals surface area (Å²) in [6, 6.07) is 6.86. The molecule has 1 aromatic carbocycles. The first-order chi connectivity index (χ1) is 9.32. The average molecular weight is 302 g/mol. The molecule has 0 saturated carbocycles. The van der Waals surface area contributed by atoms with Crippen molar-refractivity contribution in [1.29, 1.82) is 0 Å². The number of halogens is 2. The minimum absolute atomic E-state index is 0.161. The van der Waals surface area contributed by atoms with Crippen LogP contribution in [0.15, 0.2) is 40.8 Å². The van der Waals surface area contributed by atoms with E-state index in [0.29, 0.717) is 4.90 Å². The molecule has 0 saturated heterocycles. The lowest BCUT2D eigenvalue weighted by Gasteiger charge is -2.21. The Balaban J connectivity index is 3.00. The number of allylic oxidation sites excluding steroid dienone is 2. The zero-order valence-electron chi connectivity index (χ0n) is 11.8. The summed E-state index contributed by atoms with van der Waals surface area (Å²) in [7, 11) is -1.67. The number of alkyl halides is 2. The van der Waals surface area contributed by atoms with E-state index in [1.807, 2.05) is 20.8 Å². The average Bonchev–Trinajstić information content (AvgIpc) is 2.38. The zero-order valence-corrected chi connectivity index (χ0v) is 12.7. The second kappa shape index (κ2) is 7.64. The van der Waals surface area contributed by atoms with Crippen molar-refractivity contribution in [3.63, 3.8) is 0 Å². The van der Waals surface area contributed by atoms with Gasteiger partial charge in [0.1, 0.15) is 6.10 Å². The van der Waals surface area contributed by atoms with Crippen LogP contribution in [0.4, 0.5) is 8.78 Å². The molecular weight excluding hydrogens is 282 g/mol. The summed E-state index contributed by atoms with van der Waals surface area (Å²) in [6.07, 6.45) is -2.91. The highest BCUT2D eigenvalue weighted by molar-refractivity contribution is 7.85. The van der Waals surface area contributed by atoms with Crippen molar-refractivity contribution in [3.05, 3.63) is 41.5 Å². The van der Waals surface area contributed by atoms with Gasteiger partial charge in [0.15, 0.2) is 0 Å². The largest absolute Gasteiger partial charge is 0.386 e. The fraction of sp³-hybridized carbons (Fsp3) is 0.467. The number of benzene rings is 1. The van der Waals surface area contributed by atoms with Gasteiger partial charge in [0, 0.05) is 4.90 Å². The van der Waals surface area contributed by atoms with E-state index >= 15 is 0 Å². The molecule has 0 aliphatic carbocycles. The molecule has 0 aromatic heterocycles. The Bertz CT molecular complexity index is 479. The van der Waals surface area contributed by atoms with E-state index in [2.05, 4.69) is 0 Å². The van der Waals surface area contributed by atoms with Gasteiger partial charge in [-0.15, -0.1) is 0 Å². The Hall–Kier alpha value is -1.07. The molecule has 1 rings (SSSR count). The summed E-state index contributed by atoms with van der Waals surface area (Å²) in [5.41, 5.74) is 1.94. The normalized spacial score (nSPS) is 15.8. The summed E-state index contributed by atoms with van der Waals surface area (Å²) >= 11 is 0. The summed E-state index contributed by atoms with van der Waals surface area (Å²) in [6.45, 7) is 5.56. The number of rotatable bonds is 6. The fourth-order valence-corrected chi connectivity index (χ4v) is 3.11. The third-order valence-electron chi connectivity index (χ3n) is 2.93. The molecule has 1 unspecified atom stereocenters. The minimum atomic E-state index is -2.90. The molecule has 1 N–H and O–H groups in total. The van der Waals surface area contributed by atoms with Crippen LogP contribution in [-0.2, 0) is 10.8 Å². The van der Waals surface area contributed by atoms with Gasteiger partial charge in [-0.05, 0) is 39.3 Å². The summed E-state index contributed by atoms with van der Waals surface area (Å²) in [5, 5.41) is 8.61. The lowest BCUT2D eigenvalue weighted by Crippen LogP contribution is -2.35. The van der Waals surface area contributed by atoms with Crippen molar-refractivity contribution in [2.75, 3.05) is 0 Å². The van der Waals surface area contributed by atoms with Crippen molar-refractivity contribution in [3.8, 4) is 0 Å². The van der Waals surface area contributed by atoms with Gasteiger partial charge in [0.25, 0.3) is 6.43 Å². The number of aryl methyl sites for hydroxylation is 1. The van der Waals surface area contributed by atoms with Crippen LogP contribution in [-0.4, -0.2) is 27.1 Å². The van der Waals surface area contributed by atoms with Crippen LogP contribution in [0.25, 0.3) is 0 Å². The molecule has 0 amide bonds. The first-order valence-corrected chi connectivity index (χ1v) is 7.61. The zero-order chi connectivity index (χ0) is 15.3. The van der Waals surface area contributed by atoms with Gasteiger partial charge in [0.2, 0.25) is 0 Å². The Morgan fingerprint density at radius 2 is 1.85 bits per heavy atom. The number of aliphatic hydroxyl groups is 1. The fourth-order valence-electron chi connectivity index (χ4n) is 1.71. The van der Waals surface area contributed by atoms with Gasteiger partial charge in [-0.2, -0.15) is 0 Å². The van der Waals surface area contributed by atoms with Crippen molar-refractivity contribution < 1.29 is 18.1 Å². The number of hydrogen-bond acceptors (Lipinski definition) is 2. The molecule has 3 atom stereocenters. The van der Waals surface area contributed by atoms with Crippen LogP contribution >= 0.6 is 0 Å². The van der Waals surface area contributed by atoms with E-state index in [-0.39, 0.29) is 6.42 Å². The molecular formula is C15H20F2O2S. The summed E-state index contributed by atoms with van der Waals surface area (Å²) in [4.78, 5) is 0.461. The maximum atomic E-state index is 12.7. The molecule has 20 heavy (non-hydrogen) atoms. The molecule has 0 spiro atoms. The van der Waals surface area contributed by atoms with Crippen LogP contribution in [0.5, 0.6) is 0 Å². The van der Waals surface area contributed by atoms with Gasteiger partial charge >= 0.3 is 0 Å². The van der Waals surface area contributed by atoms with Crippen LogP contribution in [0.1, 0.15) is 25.8 Å². The highest BCUT2D eigenvalue weighted by Gasteiger charge is 2.32. The molecule has 0 heterocycles. The SMILES string of the molecule is CC(C)=CC[C@@H]([C@@H](O)C(F)F)S(=O)c1ccc(C)cc1. The second-order valence-corrected chi connectivity index (χ2v) is 6.66. The molecule has 0 aliphatic rings. The van der Waals surface area contributed by atoms with Crippen molar-refractivity contribution in [2.24, 2.45) is 0 Å². The van der Waals surface area contributed by atoms with Crippen LogP contribution in [0, 0.1) is 6.92 Å². The van der Waals surface area contributed by atoms with Gasteiger partial charge in [0.05, 0.1) is 16.0 Å². The summed E-state index contributed by atoms with van der Waals surface area (Å²) in [5.74, 6) is 0. The predicted octanol–water partition coefficient (Wildman–Crippen LogP) is 3.45. The van der Waals surface area contributed by atoms with Gasteiger partial charge in [-0.25, -0.2) is 8.78 Å².